The zero-order valence-corrected chi connectivity index (χ0v) is 13.2. The zero-order chi connectivity index (χ0) is 15.5. The van der Waals surface area contributed by atoms with Gasteiger partial charge in [-0.2, -0.15) is 0 Å². The fourth-order valence-electron chi connectivity index (χ4n) is 1.83. The minimum atomic E-state index is 0.564. The van der Waals surface area contributed by atoms with Gasteiger partial charge in [0.15, 0.2) is 11.5 Å². The summed E-state index contributed by atoms with van der Waals surface area (Å²) in [7, 11) is 6.43. The molecule has 0 amide bonds. The van der Waals surface area contributed by atoms with Crippen LogP contribution in [0.5, 0.6) is 23.0 Å². The number of ether oxygens (including phenoxy) is 5. The van der Waals surface area contributed by atoms with Gasteiger partial charge in [0, 0.05) is 25.8 Å². The first-order valence-corrected chi connectivity index (χ1v) is 6.89. The molecule has 6 nitrogen and oxygen atoms in total. The van der Waals surface area contributed by atoms with Crippen LogP contribution in [0.15, 0.2) is 12.1 Å². The number of hydrogen-bond acceptors (Lipinski definition) is 6. The van der Waals surface area contributed by atoms with Crippen molar-refractivity contribution in [2.24, 2.45) is 0 Å². The van der Waals surface area contributed by atoms with Gasteiger partial charge in [0.25, 0.3) is 0 Å². The van der Waals surface area contributed by atoms with Gasteiger partial charge >= 0.3 is 0 Å². The normalized spacial score (nSPS) is 10.3. The minimum absolute atomic E-state index is 0.564. The quantitative estimate of drug-likeness (QED) is 0.628. The van der Waals surface area contributed by atoms with Gasteiger partial charge in [0.1, 0.15) is 5.75 Å². The molecular weight excluding hydrogens is 274 g/mol. The molecule has 120 valence electrons. The van der Waals surface area contributed by atoms with E-state index in [1.807, 2.05) is 0 Å². The molecule has 0 unspecified atom stereocenters. The smallest absolute Gasteiger partial charge is 0.203 e. The van der Waals surface area contributed by atoms with Gasteiger partial charge in [-0.1, -0.05) is 0 Å². The summed E-state index contributed by atoms with van der Waals surface area (Å²) in [6.07, 6.45) is 0.903. The molecule has 0 bridgehead atoms. The summed E-state index contributed by atoms with van der Waals surface area (Å²) in [4.78, 5) is 0. The van der Waals surface area contributed by atoms with Crippen LogP contribution in [0.1, 0.15) is 6.42 Å². The van der Waals surface area contributed by atoms with Gasteiger partial charge in [-0.15, -0.1) is 0 Å². The second kappa shape index (κ2) is 10.1. The van der Waals surface area contributed by atoms with Gasteiger partial charge in [-0.3, -0.25) is 0 Å². The summed E-state index contributed by atoms with van der Waals surface area (Å²) in [6, 6.07) is 3.58. The van der Waals surface area contributed by atoms with E-state index in [2.05, 4.69) is 5.32 Å². The second-order valence-corrected chi connectivity index (χ2v) is 4.31. The Balaban J connectivity index is 2.48. The first-order valence-electron chi connectivity index (χ1n) is 6.89. The topological polar surface area (TPSA) is 58.2 Å². The third kappa shape index (κ3) is 5.69. The predicted molar refractivity (Wildman–Crippen MR) is 81.0 cm³/mol. The second-order valence-electron chi connectivity index (χ2n) is 4.31. The van der Waals surface area contributed by atoms with Crippen molar-refractivity contribution in [3.63, 3.8) is 0 Å². The van der Waals surface area contributed by atoms with Crippen LogP contribution in [-0.2, 0) is 4.74 Å². The summed E-state index contributed by atoms with van der Waals surface area (Å²) >= 11 is 0. The summed E-state index contributed by atoms with van der Waals surface area (Å²) in [5.41, 5.74) is 0. The van der Waals surface area contributed by atoms with E-state index in [1.54, 1.807) is 40.6 Å². The van der Waals surface area contributed by atoms with E-state index in [0.717, 1.165) is 19.5 Å². The fourth-order valence-corrected chi connectivity index (χ4v) is 1.83. The molecule has 1 N–H and O–H groups in total. The van der Waals surface area contributed by atoms with E-state index in [9.17, 15) is 0 Å². The summed E-state index contributed by atoms with van der Waals surface area (Å²) in [5.74, 6) is 2.44. The van der Waals surface area contributed by atoms with Crippen LogP contribution in [0.3, 0.4) is 0 Å². The summed E-state index contributed by atoms with van der Waals surface area (Å²) in [5, 5.41) is 3.26. The highest BCUT2D eigenvalue weighted by Gasteiger charge is 2.13. The lowest BCUT2D eigenvalue weighted by Crippen LogP contribution is -2.21. The largest absolute Gasteiger partial charge is 0.493 e. The molecule has 1 aromatic rings. The molecule has 0 aliphatic carbocycles. The highest BCUT2D eigenvalue weighted by Crippen LogP contribution is 2.40. The Morgan fingerprint density at radius 3 is 2.05 bits per heavy atom. The van der Waals surface area contributed by atoms with Crippen LogP contribution in [-0.4, -0.2) is 54.7 Å². The molecule has 0 heterocycles. The lowest BCUT2D eigenvalue weighted by molar-refractivity contribution is 0.198. The van der Waals surface area contributed by atoms with Gasteiger partial charge in [-0.25, -0.2) is 0 Å². The van der Waals surface area contributed by atoms with Crippen LogP contribution in [0.25, 0.3) is 0 Å². The van der Waals surface area contributed by atoms with E-state index < -0.39 is 0 Å². The average Bonchev–Trinajstić information content (AvgIpc) is 2.52. The van der Waals surface area contributed by atoms with Crippen molar-refractivity contribution in [1.82, 2.24) is 5.32 Å². The Bertz CT molecular complexity index is 386. The molecule has 21 heavy (non-hydrogen) atoms. The van der Waals surface area contributed by atoms with Crippen molar-refractivity contribution in [3.05, 3.63) is 12.1 Å². The number of nitrogens with one attached hydrogen (secondary N) is 1. The summed E-state index contributed by atoms with van der Waals surface area (Å²) < 4.78 is 26.5. The molecule has 1 aromatic carbocycles. The standard InChI is InChI=1S/C15H25NO5/c1-17-9-7-16-6-5-8-21-12-10-13(18-2)15(20-4)14(11-12)19-3/h10-11,16H,5-9H2,1-4H3. The third-order valence-electron chi connectivity index (χ3n) is 2.89. The highest BCUT2D eigenvalue weighted by molar-refractivity contribution is 5.55. The van der Waals surface area contributed by atoms with Crippen LogP contribution in [0.2, 0.25) is 0 Å². The molecule has 0 aliphatic heterocycles. The van der Waals surface area contributed by atoms with Crippen LogP contribution < -0.4 is 24.3 Å². The molecule has 0 radical (unpaired) electrons. The maximum absolute atomic E-state index is 5.71. The molecule has 0 atom stereocenters. The van der Waals surface area contributed by atoms with E-state index in [4.69, 9.17) is 23.7 Å². The average molecular weight is 299 g/mol. The lowest BCUT2D eigenvalue weighted by atomic mass is 10.2. The van der Waals surface area contributed by atoms with Gasteiger partial charge < -0.3 is 29.0 Å². The van der Waals surface area contributed by atoms with Crippen molar-refractivity contribution in [2.75, 3.05) is 54.7 Å². The van der Waals surface area contributed by atoms with Crippen molar-refractivity contribution >= 4 is 0 Å². The number of rotatable bonds is 11. The van der Waals surface area contributed by atoms with Gasteiger partial charge in [0.2, 0.25) is 5.75 Å². The highest BCUT2D eigenvalue weighted by atomic mass is 16.5. The van der Waals surface area contributed by atoms with E-state index in [-0.39, 0.29) is 0 Å². The third-order valence-corrected chi connectivity index (χ3v) is 2.89. The van der Waals surface area contributed by atoms with Crippen molar-refractivity contribution in [2.45, 2.75) is 6.42 Å². The van der Waals surface area contributed by atoms with E-state index in [1.165, 1.54) is 0 Å². The predicted octanol–water partition coefficient (Wildman–Crippen LogP) is 1.72. The minimum Gasteiger partial charge on any atom is -0.493 e. The molecule has 0 saturated heterocycles. The first kappa shape index (κ1) is 17.4. The van der Waals surface area contributed by atoms with Gasteiger partial charge in [-0.05, 0) is 13.0 Å². The lowest BCUT2D eigenvalue weighted by Gasteiger charge is -2.14. The number of benzene rings is 1. The van der Waals surface area contributed by atoms with Crippen LogP contribution >= 0.6 is 0 Å². The molecule has 0 spiro atoms. The Labute approximate surface area is 126 Å². The Morgan fingerprint density at radius 1 is 0.857 bits per heavy atom. The van der Waals surface area contributed by atoms with Gasteiger partial charge in [0.05, 0.1) is 34.5 Å². The Kier molecular flexibility index (Phi) is 8.38. The van der Waals surface area contributed by atoms with Crippen LogP contribution in [0.4, 0.5) is 0 Å². The first-order chi connectivity index (χ1) is 10.3. The zero-order valence-electron chi connectivity index (χ0n) is 13.2. The Morgan fingerprint density at radius 2 is 1.52 bits per heavy atom. The van der Waals surface area contributed by atoms with E-state index in [0.29, 0.717) is 36.2 Å². The molecule has 1 rings (SSSR count). The Hall–Kier alpha value is -1.66. The molecule has 0 saturated carbocycles. The van der Waals surface area contributed by atoms with Crippen molar-refractivity contribution in [3.8, 4) is 23.0 Å². The van der Waals surface area contributed by atoms with E-state index >= 15 is 0 Å². The fraction of sp³-hybridized carbons (Fsp3) is 0.600. The molecule has 6 heteroatoms. The molecule has 0 fully saturated rings. The monoisotopic (exact) mass is 299 g/mol. The maximum atomic E-state index is 5.71. The van der Waals surface area contributed by atoms with Crippen molar-refractivity contribution < 1.29 is 23.7 Å². The molecule has 0 aromatic heterocycles. The maximum Gasteiger partial charge on any atom is 0.203 e. The molecular formula is C15H25NO5. The number of hydrogen-bond donors (Lipinski definition) is 1. The molecule has 0 aliphatic rings. The van der Waals surface area contributed by atoms with Crippen LogP contribution in [0, 0.1) is 0 Å². The summed E-state index contributed by atoms with van der Waals surface area (Å²) in [6.45, 7) is 3.06. The SMILES string of the molecule is COCCNCCCOc1cc(OC)c(OC)c(OC)c1. The van der Waals surface area contributed by atoms with Crippen molar-refractivity contribution in [1.29, 1.82) is 0 Å². The number of methoxy groups -OCH3 is 4.